The van der Waals surface area contributed by atoms with Crippen LogP contribution in [0.15, 0.2) is 16.7 Å². The van der Waals surface area contributed by atoms with E-state index in [1.54, 1.807) is 6.26 Å². The lowest BCUT2D eigenvalue weighted by molar-refractivity contribution is 0.0312. The standard InChI is InChI=1S/C9H12INO2/c10-8-1-4-13-9(8)7-11-2-5-12-6-3-11/h1,4H,2-3,5-7H2. The van der Waals surface area contributed by atoms with Crippen molar-refractivity contribution in [1.29, 1.82) is 0 Å². The van der Waals surface area contributed by atoms with Gasteiger partial charge in [-0.2, -0.15) is 0 Å². The van der Waals surface area contributed by atoms with E-state index in [1.165, 1.54) is 3.57 Å². The molecule has 0 radical (unpaired) electrons. The molecule has 0 spiro atoms. The third-order valence-corrected chi connectivity index (χ3v) is 3.12. The number of morpholine rings is 1. The Morgan fingerprint density at radius 3 is 2.77 bits per heavy atom. The zero-order valence-electron chi connectivity index (χ0n) is 7.33. The van der Waals surface area contributed by atoms with Gasteiger partial charge in [0.2, 0.25) is 0 Å². The summed E-state index contributed by atoms with van der Waals surface area (Å²) >= 11 is 2.30. The van der Waals surface area contributed by atoms with Crippen LogP contribution in [0.1, 0.15) is 5.76 Å². The fourth-order valence-corrected chi connectivity index (χ4v) is 1.84. The third kappa shape index (κ3) is 2.45. The average Bonchev–Trinajstić information content (AvgIpc) is 2.54. The second-order valence-corrected chi connectivity index (χ2v) is 4.24. The maximum atomic E-state index is 5.38. The molecule has 1 fully saturated rings. The van der Waals surface area contributed by atoms with Crippen LogP contribution in [0, 0.1) is 3.57 Å². The molecule has 3 nitrogen and oxygen atoms in total. The zero-order chi connectivity index (χ0) is 9.10. The Labute approximate surface area is 91.2 Å². The number of hydrogen-bond acceptors (Lipinski definition) is 3. The van der Waals surface area contributed by atoms with Gasteiger partial charge in [-0.25, -0.2) is 0 Å². The summed E-state index contributed by atoms with van der Waals surface area (Å²) in [7, 11) is 0. The molecule has 13 heavy (non-hydrogen) atoms. The van der Waals surface area contributed by atoms with Crippen molar-refractivity contribution in [2.45, 2.75) is 6.54 Å². The first-order chi connectivity index (χ1) is 6.36. The summed E-state index contributed by atoms with van der Waals surface area (Å²) < 4.78 is 11.9. The van der Waals surface area contributed by atoms with Gasteiger partial charge in [0.1, 0.15) is 5.76 Å². The smallest absolute Gasteiger partial charge is 0.131 e. The van der Waals surface area contributed by atoms with Crippen LogP contribution >= 0.6 is 22.6 Å². The SMILES string of the molecule is Ic1ccoc1CN1CCOCC1. The summed E-state index contributed by atoms with van der Waals surface area (Å²) in [5, 5.41) is 0. The van der Waals surface area contributed by atoms with Crippen LogP contribution in [-0.2, 0) is 11.3 Å². The quantitative estimate of drug-likeness (QED) is 0.776. The van der Waals surface area contributed by atoms with Gasteiger partial charge in [-0.1, -0.05) is 0 Å². The number of halogens is 1. The highest BCUT2D eigenvalue weighted by molar-refractivity contribution is 14.1. The van der Waals surface area contributed by atoms with E-state index in [9.17, 15) is 0 Å². The molecule has 0 atom stereocenters. The highest BCUT2D eigenvalue weighted by Gasteiger charge is 2.13. The molecule has 0 N–H and O–H groups in total. The van der Waals surface area contributed by atoms with Crippen molar-refractivity contribution in [3.63, 3.8) is 0 Å². The maximum absolute atomic E-state index is 5.38. The molecule has 2 heterocycles. The molecule has 2 rings (SSSR count). The van der Waals surface area contributed by atoms with Gasteiger partial charge in [0.25, 0.3) is 0 Å². The molecule has 1 aromatic rings. The highest BCUT2D eigenvalue weighted by Crippen LogP contribution is 2.15. The van der Waals surface area contributed by atoms with E-state index in [1.807, 2.05) is 6.07 Å². The van der Waals surface area contributed by atoms with Crippen molar-refractivity contribution in [3.8, 4) is 0 Å². The molecule has 4 heteroatoms. The minimum absolute atomic E-state index is 0.845. The Kier molecular flexibility index (Phi) is 3.23. The number of nitrogens with zero attached hydrogens (tertiary/aromatic N) is 1. The fraction of sp³-hybridized carbons (Fsp3) is 0.556. The van der Waals surface area contributed by atoms with Crippen molar-refractivity contribution in [2.24, 2.45) is 0 Å². The van der Waals surface area contributed by atoms with Crippen LogP contribution in [0.2, 0.25) is 0 Å². The predicted molar refractivity (Wildman–Crippen MR) is 57.5 cm³/mol. The van der Waals surface area contributed by atoms with Crippen molar-refractivity contribution in [3.05, 3.63) is 21.7 Å². The second kappa shape index (κ2) is 4.43. The molecule has 0 aromatic carbocycles. The Bertz CT molecular complexity index is 268. The Morgan fingerprint density at radius 2 is 2.15 bits per heavy atom. The van der Waals surface area contributed by atoms with Gasteiger partial charge >= 0.3 is 0 Å². The van der Waals surface area contributed by atoms with E-state index in [0.717, 1.165) is 38.6 Å². The topological polar surface area (TPSA) is 25.6 Å². The molecule has 1 saturated heterocycles. The molecule has 72 valence electrons. The van der Waals surface area contributed by atoms with Gasteiger partial charge in [-0.3, -0.25) is 4.90 Å². The lowest BCUT2D eigenvalue weighted by atomic mass is 10.3. The summed E-state index contributed by atoms with van der Waals surface area (Å²) in [4.78, 5) is 2.35. The molecular formula is C9H12INO2. The minimum atomic E-state index is 0.845. The summed E-state index contributed by atoms with van der Waals surface area (Å²) in [6.45, 7) is 4.62. The largest absolute Gasteiger partial charge is 0.467 e. The van der Waals surface area contributed by atoms with Crippen molar-refractivity contribution < 1.29 is 9.15 Å². The summed E-state index contributed by atoms with van der Waals surface area (Å²) in [5.74, 6) is 1.07. The highest BCUT2D eigenvalue weighted by atomic mass is 127. The van der Waals surface area contributed by atoms with Gasteiger partial charge in [0.05, 0.1) is 29.6 Å². The molecule has 0 unspecified atom stereocenters. The lowest BCUT2D eigenvalue weighted by Crippen LogP contribution is -2.35. The van der Waals surface area contributed by atoms with Gasteiger partial charge in [-0.15, -0.1) is 0 Å². The summed E-state index contributed by atoms with van der Waals surface area (Å²) in [5.41, 5.74) is 0. The van der Waals surface area contributed by atoms with Gasteiger partial charge in [-0.05, 0) is 28.7 Å². The first-order valence-electron chi connectivity index (χ1n) is 4.38. The third-order valence-electron chi connectivity index (χ3n) is 2.16. The summed E-state index contributed by atoms with van der Waals surface area (Å²) in [6, 6.07) is 2.00. The van der Waals surface area contributed by atoms with Gasteiger partial charge < -0.3 is 9.15 Å². The van der Waals surface area contributed by atoms with Crippen LogP contribution in [0.25, 0.3) is 0 Å². The fourth-order valence-electron chi connectivity index (χ4n) is 1.40. The van der Waals surface area contributed by atoms with E-state index >= 15 is 0 Å². The molecule has 0 amide bonds. The van der Waals surface area contributed by atoms with E-state index in [0.29, 0.717) is 0 Å². The number of hydrogen-bond donors (Lipinski definition) is 0. The van der Waals surface area contributed by atoms with Crippen LogP contribution in [0.4, 0.5) is 0 Å². The monoisotopic (exact) mass is 293 g/mol. The predicted octanol–water partition coefficient (Wildman–Crippen LogP) is 1.72. The van der Waals surface area contributed by atoms with Crippen molar-refractivity contribution in [2.75, 3.05) is 26.3 Å². The molecule has 0 saturated carbocycles. The molecule has 0 aliphatic carbocycles. The molecule has 1 aliphatic heterocycles. The van der Waals surface area contributed by atoms with Gasteiger partial charge in [0, 0.05) is 13.1 Å². The van der Waals surface area contributed by atoms with Gasteiger partial charge in [0.15, 0.2) is 0 Å². The van der Waals surface area contributed by atoms with Crippen molar-refractivity contribution >= 4 is 22.6 Å². The first kappa shape index (κ1) is 9.48. The van der Waals surface area contributed by atoms with E-state index in [4.69, 9.17) is 9.15 Å². The normalized spacial score (nSPS) is 19.2. The average molecular weight is 293 g/mol. The zero-order valence-corrected chi connectivity index (χ0v) is 9.49. The summed E-state index contributed by atoms with van der Waals surface area (Å²) in [6.07, 6.45) is 1.75. The Hall–Kier alpha value is -0.0700. The van der Waals surface area contributed by atoms with E-state index < -0.39 is 0 Å². The molecular weight excluding hydrogens is 281 g/mol. The van der Waals surface area contributed by atoms with E-state index in [-0.39, 0.29) is 0 Å². The molecule has 1 aliphatic rings. The first-order valence-corrected chi connectivity index (χ1v) is 5.46. The van der Waals surface area contributed by atoms with Crippen LogP contribution < -0.4 is 0 Å². The van der Waals surface area contributed by atoms with Crippen LogP contribution in [0.3, 0.4) is 0 Å². The lowest BCUT2D eigenvalue weighted by Gasteiger charge is -2.25. The van der Waals surface area contributed by atoms with Crippen LogP contribution in [-0.4, -0.2) is 31.2 Å². The Balaban J connectivity index is 1.93. The number of furan rings is 1. The second-order valence-electron chi connectivity index (χ2n) is 3.08. The molecule has 0 bridgehead atoms. The number of rotatable bonds is 2. The number of ether oxygens (including phenoxy) is 1. The van der Waals surface area contributed by atoms with E-state index in [2.05, 4.69) is 27.5 Å². The van der Waals surface area contributed by atoms with Crippen LogP contribution in [0.5, 0.6) is 0 Å². The Morgan fingerprint density at radius 1 is 1.38 bits per heavy atom. The van der Waals surface area contributed by atoms with Crippen molar-refractivity contribution in [1.82, 2.24) is 4.90 Å². The molecule has 1 aromatic heterocycles. The maximum Gasteiger partial charge on any atom is 0.131 e. The minimum Gasteiger partial charge on any atom is -0.467 e.